The van der Waals surface area contributed by atoms with E-state index < -0.39 is 0 Å². The van der Waals surface area contributed by atoms with Gasteiger partial charge in [-0.3, -0.25) is 0 Å². The van der Waals surface area contributed by atoms with Gasteiger partial charge in [-0.15, -0.1) is 11.3 Å². The topological polar surface area (TPSA) is 48.1 Å². The zero-order valence-corrected chi connectivity index (χ0v) is 11.7. The maximum Gasteiger partial charge on any atom is 0.0965 e. The van der Waals surface area contributed by atoms with Crippen molar-refractivity contribution in [1.29, 1.82) is 0 Å². The highest BCUT2D eigenvalue weighted by Gasteiger charge is 2.19. The minimum Gasteiger partial charge on any atom is -0.381 e. The SMILES string of the molecule is NCc1ccc(-c2csc(C3CCOCC3)n2)cc1. The van der Waals surface area contributed by atoms with Gasteiger partial charge in [0, 0.05) is 36.6 Å². The number of hydrogen-bond donors (Lipinski definition) is 1. The average Bonchev–Trinajstić information content (AvgIpc) is 2.98. The van der Waals surface area contributed by atoms with Gasteiger partial charge in [0.1, 0.15) is 0 Å². The largest absolute Gasteiger partial charge is 0.381 e. The smallest absolute Gasteiger partial charge is 0.0965 e. The third-order valence-electron chi connectivity index (χ3n) is 3.58. The number of nitrogens with two attached hydrogens (primary N) is 1. The molecule has 1 saturated heterocycles. The van der Waals surface area contributed by atoms with E-state index in [9.17, 15) is 0 Å². The van der Waals surface area contributed by atoms with Crippen molar-refractivity contribution in [3.8, 4) is 11.3 Å². The Kier molecular flexibility index (Phi) is 3.92. The molecule has 1 aliphatic heterocycles. The van der Waals surface area contributed by atoms with Gasteiger partial charge in [0.25, 0.3) is 0 Å². The van der Waals surface area contributed by atoms with Crippen LogP contribution in [-0.2, 0) is 11.3 Å². The number of nitrogens with zero attached hydrogens (tertiary/aromatic N) is 1. The van der Waals surface area contributed by atoms with Crippen LogP contribution in [0.5, 0.6) is 0 Å². The maximum atomic E-state index is 5.61. The van der Waals surface area contributed by atoms with E-state index in [1.807, 2.05) is 0 Å². The standard InChI is InChI=1S/C15H18N2OS/c16-9-11-1-3-12(4-2-11)14-10-19-15(17-14)13-5-7-18-8-6-13/h1-4,10,13H,5-9,16H2. The van der Waals surface area contributed by atoms with Gasteiger partial charge in [-0.1, -0.05) is 24.3 Å². The summed E-state index contributed by atoms with van der Waals surface area (Å²) in [5.41, 5.74) is 9.02. The molecular weight excluding hydrogens is 256 g/mol. The molecule has 0 spiro atoms. The van der Waals surface area contributed by atoms with Crippen LogP contribution in [-0.4, -0.2) is 18.2 Å². The average molecular weight is 274 g/mol. The van der Waals surface area contributed by atoms with Crippen molar-refractivity contribution in [2.24, 2.45) is 5.73 Å². The van der Waals surface area contributed by atoms with Crippen LogP contribution < -0.4 is 5.73 Å². The summed E-state index contributed by atoms with van der Waals surface area (Å²) in [4.78, 5) is 4.79. The van der Waals surface area contributed by atoms with Gasteiger partial charge < -0.3 is 10.5 Å². The number of aromatic nitrogens is 1. The zero-order chi connectivity index (χ0) is 13.1. The second kappa shape index (κ2) is 5.82. The molecule has 0 aliphatic carbocycles. The minimum absolute atomic E-state index is 0.579. The summed E-state index contributed by atoms with van der Waals surface area (Å²) < 4.78 is 5.40. The van der Waals surface area contributed by atoms with E-state index in [-0.39, 0.29) is 0 Å². The normalized spacial score (nSPS) is 16.7. The fraction of sp³-hybridized carbons (Fsp3) is 0.400. The summed E-state index contributed by atoms with van der Waals surface area (Å²) in [7, 11) is 0. The summed E-state index contributed by atoms with van der Waals surface area (Å²) >= 11 is 1.77. The number of benzene rings is 1. The fourth-order valence-corrected chi connectivity index (χ4v) is 3.36. The van der Waals surface area contributed by atoms with Crippen LogP contribution in [0.1, 0.15) is 29.3 Å². The molecule has 1 aromatic carbocycles. The molecule has 100 valence electrons. The van der Waals surface area contributed by atoms with Crippen molar-refractivity contribution < 1.29 is 4.74 Å². The highest BCUT2D eigenvalue weighted by Crippen LogP contribution is 2.32. The molecule has 0 bridgehead atoms. The molecule has 2 aromatic rings. The molecule has 1 aromatic heterocycles. The second-order valence-electron chi connectivity index (χ2n) is 4.86. The van der Waals surface area contributed by atoms with Gasteiger partial charge in [-0.2, -0.15) is 0 Å². The van der Waals surface area contributed by atoms with Crippen molar-refractivity contribution in [3.05, 3.63) is 40.2 Å². The Morgan fingerprint density at radius 3 is 2.63 bits per heavy atom. The Hall–Kier alpha value is -1.23. The summed E-state index contributed by atoms with van der Waals surface area (Å²) in [5.74, 6) is 0.579. The van der Waals surface area contributed by atoms with Crippen LogP contribution in [0.4, 0.5) is 0 Å². The van der Waals surface area contributed by atoms with Crippen LogP contribution in [0.25, 0.3) is 11.3 Å². The first-order valence-corrected chi connectivity index (χ1v) is 7.57. The Labute approximate surface area is 117 Å². The van der Waals surface area contributed by atoms with E-state index in [0.717, 1.165) is 37.3 Å². The lowest BCUT2D eigenvalue weighted by Crippen LogP contribution is -2.13. The third kappa shape index (κ3) is 2.86. The summed E-state index contributed by atoms with van der Waals surface area (Å²) in [5, 5.41) is 3.41. The Bertz CT molecular complexity index is 529. The van der Waals surface area contributed by atoms with Crippen molar-refractivity contribution >= 4 is 11.3 Å². The van der Waals surface area contributed by atoms with Crippen LogP contribution in [0.3, 0.4) is 0 Å². The highest BCUT2D eigenvalue weighted by atomic mass is 32.1. The monoisotopic (exact) mass is 274 g/mol. The quantitative estimate of drug-likeness (QED) is 0.935. The van der Waals surface area contributed by atoms with Gasteiger partial charge >= 0.3 is 0 Å². The van der Waals surface area contributed by atoms with Gasteiger partial charge in [-0.25, -0.2) is 4.98 Å². The predicted octanol–water partition coefficient (Wildman–Crippen LogP) is 3.16. The van der Waals surface area contributed by atoms with Crippen LogP contribution in [0.15, 0.2) is 29.6 Å². The van der Waals surface area contributed by atoms with Crippen LogP contribution >= 0.6 is 11.3 Å². The fourth-order valence-electron chi connectivity index (χ4n) is 2.36. The molecule has 3 nitrogen and oxygen atoms in total. The van der Waals surface area contributed by atoms with Gasteiger partial charge in [-0.05, 0) is 18.4 Å². The summed E-state index contributed by atoms with van der Waals surface area (Å²) in [6.07, 6.45) is 2.19. The molecule has 0 amide bonds. The predicted molar refractivity (Wildman–Crippen MR) is 78.2 cm³/mol. The Balaban J connectivity index is 1.79. The van der Waals surface area contributed by atoms with Crippen LogP contribution in [0.2, 0.25) is 0 Å². The summed E-state index contributed by atoms with van der Waals surface area (Å²) in [6.45, 7) is 2.32. The highest BCUT2D eigenvalue weighted by molar-refractivity contribution is 7.10. The molecule has 0 atom stereocenters. The number of rotatable bonds is 3. The number of thiazole rings is 1. The molecule has 0 saturated carbocycles. The molecule has 2 heterocycles. The lowest BCUT2D eigenvalue weighted by Gasteiger charge is -2.19. The van der Waals surface area contributed by atoms with Crippen molar-refractivity contribution in [2.45, 2.75) is 25.3 Å². The van der Waals surface area contributed by atoms with Crippen molar-refractivity contribution in [2.75, 3.05) is 13.2 Å². The molecule has 2 N–H and O–H groups in total. The van der Waals surface area contributed by atoms with E-state index >= 15 is 0 Å². The molecule has 1 fully saturated rings. The van der Waals surface area contributed by atoms with Gasteiger partial charge in [0.15, 0.2) is 0 Å². The lowest BCUT2D eigenvalue weighted by molar-refractivity contribution is 0.0853. The van der Waals surface area contributed by atoms with Crippen molar-refractivity contribution in [3.63, 3.8) is 0 Å². The number of ether oxygens (including phenoxy) is 1. The van der Waals surface area contributed by atoms with Gasteiger partial charge in [0.2, 0.25) is 0 Å². The molecule has 3 rings (SSSR count). The van der Waals surface area contributed by atoms with E-state index in [2.05, 4.69) is 29.6 Å². The second-order valence-corrected chi connectivity index (χ2v) is 5.75. The summed E-state index contributed by atoms with van der Waals surface area (Å²) in [6, 6.07) is 8.35. The van der Waals surface area contributed by atoms with Crippen molar-refractivity contribution in [1.82, 2.24) is 4.98 Å². The first-order valence-electron chi connectivity index (χ1n) is 6.69. The van der Waals surface area contributed by atoms with E-state index in [1.54, 1.807) is 11.3 Å². The number of hydrogen-bond acceptors (Lipinski definition) is 4. The molecule has 19 heavy (non-hydrogen) atoms. The minimum atomic E-state index is 0.579. The maximum absolute atomic E-state index is 5.61. The Morgan fingerprint density at radius 2 is 1.95 bits per heavy atom. The first kappa shape index (κ1) is 12.8. The van der Waals surface area contributed by atoms with Crippen LogP contribution in [0, 0.1) is 0 Å². The molecule has 0 radical (unpaired) electrons. The molecule has 0 unspecified atom stereocenters. The first-order chi connectivity index (χ1) is 9.36. The lowest BCUT2D eigenvalue weighted by atomic mass is 10.0. The van der Waals surface area contributed by atoms with E-state index in [0.29, 0.717) is 12.5 Å². The Morgan fingerprint density at radius 1 is 1.21 bits per heavy atom. The third-order valence-corrected chi connectivity index (χ3v) is 4.59. The van der Waals surface area contributed by atoms with Gasteiger partial charge in [0.05, 0.1) is 10.7 Å². The molecule has 1 aliphatic rings. The van der Waals surface area contributed by atoms with E-state index in [1.165, 1.54) is 10.6 Å². The zero-order valence-electron chi connectivity index (χ0n) is 10.8. The molecule has 4 heteroatoms. The molecular formula is C15H18N2OS. The van der Waals surface area contributed by atoms with E-state index in [4.69, 9.17) is 15.5 Å².